The molecule has 0 aliphatic carbocycles. The van der Waals surface area contributed by atoms with Crippen molar-refractivity contribution in [3.8, 4) is 0 Å². The van der Waals surface area contributed by atoms with Gasteiger partial charge < -0.3 is 0 Å². The first-order valence-corrected chi connectivity index (χ1v) is 5.61. The first-order chi connectivity index (χ1) is 5.79. The average Bonchev–Trinajstić information content (AvgIpc) is 2.49. The molecule has 1 heterocycles. The van der Waals surface area contributed by atoms with Gasteiger partial charge in [0.25, 0.3) is 0 Å². The van der Waals surface area contributed by atoms with Gasteiger partial charge in [-0.05, 0) is 0 Å². The van der Waals surface area contributed by atoms with Gasteiger partial charge in [0.05, 0.1) is 0 Å². The molecule has 0 aliphatic heterocycles. The molecule has 0 saturated carbocycles. The fourth-order valence-electron chi connectivity index (χ4n) is 1.27. The van der Waals surface area contributed by atoms with Crippen LogP contribution in [-0.2, 0) is 0 Å². The first-order valence-electron chi connectivity index (χ1n) is 3.76. The minimum absolute atomic E-state index is 0.178. The van der Waals surface area contributed by atoms with E-state index in [1.54, 1.807) is 6.92 Å². The van der Waals surface area contributed by atoms with E-state index in [0.29, 0.717) is 14.5 Å². The fourth-order valence-corrected chi connectivity index (χ4v) is 3.29. The summed E-state index contributed by atoms with van der Waals surface area (Å²) in [6, 6.07) is 8.02. The molecule has 2 aromatic rings. The zero-order valence-corrected chi connectivity index (χ0v) is 8.42. The first kappa shape index (κ1) is 7.78. The number of benzene rings is 1. The van der Waals surface area contributed by atoms with Crippen molar-refractivity contribution < 1.29 is 4.79 Å². The number of Topliss-reactive ketones (excluding diaryl/α,β-unsaturated/α-hetero) is 1. The average molecular weight is 223 g/mol. The molecule has 0 N–H and O–H groups in total. The van der Waals surface area contributed by atoms with Crippen LogP contribution < -0.4 is 0 Å². The topological polar surface area (TPSA) is 17.1 Å². The Morgan fingerprint density at radius 1 is 1.33 bits per heavy atom. The van der Waals surface area contributed by atoms with Crippen LogP contribution in [0, 0.1) is 0 Å². The summed E-state index contributed by atoms with van der Waals surface area (Å²) in [6.45, 7) is 1.63. The van der Waals surface area contributed by atoms with Crippen LogP contribution in [0.4, 0.5) is 0 Å². The van der Waals surface area contributed by atoms with Gasteiger partial charge >= 0.3 is 76.4 Å². The molecule has 0 aliphatic rings. The van der Waals surface area contributed by atoms with Crippen LogP contribution >= 0.6 is 0 Å². The molecule has 12 heavy (non-hydrogen) atoms. The van der Waals surface area contributed by atoms with Crippen LogP contribution in [0.15, 0.2) is 29.2 Å². The summed E-state index contributed by atoms with van der Waals surface area (Å²) < 4.78 is 1.25. The van der Waals surface area contributed by atoms with Gasteiger partial charge in [0.15, 0.2) is 0 Å². The van der Waals surface area contributed by atoms with Crippen LogP contribution in [0.25, 0.3) is 9.65 Å². The maximum absolute atomic E-state index is 11.2. The molecule has 1 aromatic heterocycles. The van der Waals surface area contributed by atoms with E-state index in [-0.39, 0.29) is 5.78 Å². The Labute approximate surface area is 76.8 Å². The van der Waals surface area contributed by atoms with Crippen molar-refractivity contribution in [3.05, 3.63) is 34.8 Å². The molecule has 60 valence electrons. The molecule has 0 fully saturated rings. The standard InChI is InChI=1S/C10H8OSe/c1-7(11)9-4-2-3-8-5-6-12-10(8)9/h2-6H,1H3. The normalized spacial score (nSPS) is 10.4. The van der Waals surface area contributed by atoms with Crippen molar-refractivity contribution in [2.24, 2.45) is 0 Å². The second-order valence-corrected chi connectivity index (χ2v) is 4.62. The zero-order chi connectivity index (χ0) is 8.55. The van der Waals surface area contributed by atoms with E-state index in [2.05, 4.69) is 17.1 Å². The van der Waals surface area contributed by atoms with Gasteiger partial charge in [-0.3, -0.25) is 0 Å². The third kappa shape index (κ3) is 1.13. The molecular weight excluding hydrogens is 215 g/mol. The molecule has 0 saturated heterocycles. The van der Waals surface area contributed by atoms with Crippen LogP contribution in [0.2, 0.25) is 0 Å². The molecule has 2 heteroatoms. The van der Waals surface area contributed by atoms with Crippen molar-refractivity contribution >= 4 is 29.9 Å². The van der Waals surface area contributed by atoms with Gasteiger partial charge in [-0.2, -0.15) is 0 Å². The van der Waals surface area contributed by atoms with Crippen LogP contribution in [0.5, 0.6) is 0 Å². The molecule has 0 bridgehead atoms. The van der Waals surface area contributed by atoms with Crippen LogP contribution in [0.3, 0.4) is 0 Å². The number of fused-ring (bicyclic) bond motifs is 1. The summed E-state index contributed by atoms with van der Waals surface area (Å²) in [5, 5.41) is 1.22. The van der Waals surface area contributed by atoms with Crippen molar-refractivity contribution in [2.45, 2.75) is 6.92 Å². The van der Waals surface area contributed by atoms with Gasteiger partial charge in [-0.1, -0.05) is 0 Å². The maximum atomic E-state index is 11.2. The quantitative estimate of drug-likeness (QED) is 0.534. The summed E-state index contributed by atoms with van der Waals surface area (Å²) in [4.78, 5) is 13.3. The second kappa shape index (κ2) is 2.89. The zero-order valence-electron chi connectivity index (χ0n) is 6.70. The molecular formula is C10H8OSe. The molecule has 1 nitrogen and oxygen atoms in total. The van der Waals surface area contributed by atoms with Gasteiger partial charge in [-0.15, -0.1) is 0 Å². The van der Waals surface area contributed by atoms with Crippen molar-refractivity contribution in [1.82, 2.24) is 0 Å². The third-order valence-electron chi connectivity index (χ3n) is 1.86. The number of ketones is 1. The van der Waals surface area contributed by atoms with Crippen LogP contribution in [0.1, 0.15) is 17.3 Å². The molecule has 0 amide bonds. The monoisotopic (exact) mass is 224 g/mol. The molecule has 0 atom stereocenters. The summed E-state index contributed by atoms with van der Waals surface area (Å²) in [5.74, 6) is 0.178. The Morgan fingerprint density at radius 2 is 2.17 bits per heavy atom. The number of carbonyl (C=O) groups is 1. The van der Waals surface area contributed by atoms with E-state index < -0.39 is 0 Å². The molecule has 0 spiro atoms. The number of rotatable bonds is 1. The number of hydrogen-bond donors (Lipinski definition) is 0. The van der Waals surface area contributed by atoms with E-state index >= 15 is 0 Å². The SMILES string of the molecule is CC(=O)c1cccc2cc[se]c12. The van der Waals surface area contributed by atoms with Gasteiger partial charge in [0, 0.05) is 0 Å². The fraction of sp³-hybridized carbons (Fsp3) is 0.100. The number of hydrogen-bond acceptors (Lipinski definition) is 1. The molecule has 2 rings (SSSR count). The van der Waals surface area contributed by atoms with E-state index in [9.17, 15) is 4.79 Å². The van der Waals surface area contributed by atoms with Crippen molar-refractivity contribution in [1.29, 1.82) is 0 Å². The molecule has 0 unspecified atom stereocenters. The van der Waals surface area contributed by atoms with E-state index in [1.807, 2.05) is 12.1 Å². The number of carbonyl (C=O) groups excluding carboxylic acids is 1. The second-order valence-electron chi connectivity index (χ2n) is 2.70. The Hall–Kier alpha value is -0.851. The Morgan fingerprint density at radius 3 is 2.92 bits per heavy atom. The summed E-state index contributed by atoms with van der Waals surface area (Å²) in [7, 11) is 0. The Balaban J connectivity index is 2.82. The predicted octanol–water partition coefficient (Wildman–Crippen LogP) is 2.10. The Bertz CT molecular complexity index is 428. The van der Waals surface area contributed by atoms with Gasteiger partial charge in [0.1, 0.15) is 0 Å². The van der Waals surface area contributed by atoms with Crippen molar-refractivity contribution in [2.75, 3.05) is 0 Å². The molecule has 1 aromatic carbocycles. The minimum atomic E-state index is 0.178. The summed E-state index contributed by atoms with van der Waals surface area (Å²) in [5.41, 5.74) is 0.900. The van der Waals surface area contributed by atoms with Crippen molar-refractivity contribution in [3.63, 3.8) is 0 Å². The van der Waals surface area contributed by atoms with Gasteiger partial charge in [0.2, 0.25) is 0 Å². The summed E-state index contributed by atoms with van der Waals surface area (Å²) >= 11 is 0.373. The van der Waals surface area contributed by atoms with E-state index in [4.69, 9.17) is 0 Å². The van der Waals surface area contributed by atoms with Crippen LogP contribution in [-0.4, -0.2) is 20.3 Å². The third-order valence-corrected chi connectivity index (χ3v) is 3.88. The van der Waals surface area contributed by atoms with Gasteiger partial charge in [-0.25, -0.2) is 0 Å². The predicted molar refractivity (Wildman–Crippen MR) is 50.9 cm³/mol. The molecule has 0 radical (unpaired) electrons. The Kier molecular flexibility index (Phi) is 1.87. The van der Waals surface area contributed by atoms with E-state index in [1.165, 1.54) is 9.65 Å². The van der Waals surface area contributed by atoms with E-state index in [0.717, 1.165) is 5.56 Å². The summed E-state index contributed by atoms with van der Waals surface area (Å²) in [6.07, 6.45) is 0.